The molecule has 0 bridgehead atoms. The van der Waals surface area contributed by atoms with E-state index in [-0.39, 0.29) is 11.3 Å². The van der Waals surface area contributed by atoms with Crippen LogP contribution < -0.4 is 14.8 Å². The van der Waals surface area contributed by atoms with E-state index in [1.165, 1.54) is 0 Å². The molecule has 0 saturated carbocycles. The fourth-order valence-corrected chi connectivity index (χ4v) is 3.31. The molecule has 1 aliphatic rings. The van der Waals surface area contributed by atoms with Crippen molar-refractivity contribution >= 4 is 12.0 Å². The second-order valence-electron chi connectivity index (χ2n) is 8.67. The van der Waals surface area contributed by atoms with Gasteiger partial charge in [0.05, 0.1) is 13.2 Å². The van der Waals surface area contributed by atoms with Crippen LogP contribution >= 0.6 is 0 Å². The lowest BCUT2D eigenvalue weighted by molar-refractivity contribution is 0.0504. The van der Waals surface area contributed by atoms with Crippen molar-refractivity contribution < 1.29 is 23.8 Å². The van der Waals surface area contributed by atoms with Gasteiger partial charge in [-0.15, -0.1) is 0 Å². The Hall–Kier alpha value is -2.44. The third-order valence-electron chi connectivity index (χ3n) is 4.69. The molecule has 2 rings (SSSR count). The van der Waals surface area contributed by atoms with Gasteiger partial charge in [0.25, 0.3) is 5.91 Å². The van der Waals surface area contributed by atoms with Crippen molar-refractivity contribution in [1.82, 2.24) is 10.2 Å². The average molecular weight is 407 g/mol. The predicted octanol–water partition coefficient (Wildman–Crippen LogP) is 3.86. The number of ether oxygens (including phenoxy) is 3. The van der Waals surface area contributed by atoms with E-state index < -0.39 is 11.7 Å². The number of carbonyl (C=O) groups excluding carboxylic acids is 2. The van der Waals surface area contributed by atoms with E-state index in [9.17, 15) is 9.59 Å². The molecule has 1 atom stereocenters. The van der Waals surface area contributed by atoms with Gasteiger partial charge in [0.2, 0.25) is 0 Å². The first-order chi connectivity index (χ1) is 13.6. The Morgan fingerprint density at radius 1 is 1.14 bits per heavy atom. The quantitative estimate of drug-likeness (QED) is 0.744. The van der Waals surface area contributed by atoms with Crippen molar-refractivity contribution in [2.24, 2.45) is 5.41 Å². The molecule has 7 nitrogen and oxygen atoms in total. The van der Waals surface area contributed by atoms with E-state index in [0.717, 1.165) is 6.42 Å². The molecule has 0 aliphatic carbocycles. The van der Waals surface area contributed by atoms with Gasteiger partial charge in [0.1, 0.15) is 5.60 Å². The van der Waals surface area contributed by atoms with Crippen molar-refractivity contribution in [3.05, 3.63) is 23.8 Å². The number of carbonyl (C=O) groups is 2. The molecule has 1 N–H and O–H groups in total. The molecule has 0 aromatic heterocycles. The summed E-state index contributed by atoms with van der Waals surface area (Å²) in [5.74, 6) is 1.17. The zero-order chi connectivity index (χ0) is 21.7. The largest absolute Gasteiger partial charge is 0.490 e. The third-order valence-corrected chi connectivity index (χ3v) is 4.69. The summed E-state index contributed by atoms with van der Waals surface area (Å²) in [5.41, 5.74) is -0.156. The van der Waals surface area contributed by atoms with Crippen LogP contribution in [0.3, 0.4) is 0 Å². The van der Waals surface area contributed by atoms with Gasteiger partial charge in [-0.1, -0.05) is 6.92 Å². The molecular formula is C22H34N2O5. The van der Waals surface area contributed by atoms with Crippen LogP contribution in [0.15, 0.2) is 18.2 Å². The molecule has 0 radical (unpaired) electrons. The molecule has 1 fully saturated rings. The Morgan fingerprint density at radius 2 is 1.79 bits per heavy atom. The van der Waals surface area contributed by atoms with Gasteiger partial charge in [-0.3, -0.25) is 4.79 Å². The molecular weight excluding hydrogens is 372 g/mol. The standard InChI is InChI=1S/C22H34N2O5/c1-7-27-17-10-9-16(13-18(17)28-8-2)19(25)24-12-11-22(6,15-24)14-23-20(26)29-21(3,4)5/h9-10,13H,7-8,11-12,14-15H2,1-6H3,(H,23,26)/t22-/m0/s1. The summed E-state index contributed by atoms with van der Waals surface area (Å²) < 4.78 is 16.5. The van der Waals surface area contributed by atoms with Gasteiger partial charge in [0.15, 0.2) is 11.5 Å². The number of nitrogens with zero attached hydrogens (tertiary/aromatic N) is 1. The molecule has 0 spiro atoms. The molecule has 1 saturated heterocycles. The monoisotopic (exact) mass is 406 g/mol. The lowest BCUT2D eigenvalue weighted by Gasteiger charge is -2.26. The Labute approximate surface area is 173 Å². The number of likely N-dealkylation sites (tertiary alicyclic amines) is 1. The summed E-state index contributed by atoms with van der Waals surface area (Å²) in [6.07, 6.45) is 0.375. The van der Waals surface area contributed by atoms with E-state index in [0.29, 0.717) is 49.9 Å². The molecule has 29 heavy (non-hydrogen) atoms. The summed E-state index contributed by atoms with van der Waals surface area (Å²) >= 11 is 0. The lowest BCUT2D eigenvalue weighted by Crippen LogP contribution is -2.41. The Morgan fingerprint density at radius 3 is 2.41 bits per heavy atom. The SMILES string of the molecule is CCOc1ccc(C(=O)N2CC[C@@](C)(CNC(=O)OC(C)(C)C)C2)cc1OCC. The number of benzene rings is 1. The van der Waals surface area contributed by atoms with Crippen molar-refractivity contribution in [2.45, 2.75) is 53.6 Å². The van der Waals surface area contributed by atoms with Crippen molar-refractivity contribution in [3.63, 3.8) is 0 Å². The van der Waals surface area contributed by atoms with Gasteiger partial charge in [-0.25, -0.2) is 4.79 Å². The number of hydrogen-bond donors (Lipinski definition) is 1. The van der Waals surface area contributed by atoms with E-state index in [1.54, 1.807) is 18.2 Å². The molecule has 2 amide bonds. The van der Waals surface area contributed by atoms with Crippen LogP contribution in [0.25, 0.3) is 0 Å². The number of alkyl carbamates (subject to hydrolysis) is 1. The number of rotatable bonds is 7. The fourth-order valence-electron chi connectivity index (χ4n) is 3.31. The summed E-state index contributed by atoms with van der Waals surface area (Å²) in [6.45, 7) is 14.1. The Kier molecular flexibility index (Phi) is 7.38. The first-order valence-electron chi connectivity index (χ1n) is 10.2. The van der Waals surface area contributed by atoms with Gasteiger partial charge in [-0.05, 0) is 59.2 Å². The van der Waals surface area contributed by atoms with E-state index in [2.05, 4.69) is 12.2 Å². The second-order valence-corrected chi connectivity index (χ2v) is 8.67. The summed E-state index contributed by atoms with van der Waals surface area (Å²) in [4.78, 5) is 26.8. The van der Waals surface area contributed by atoms with Gasteiger partial charge in [0, 0.05) is 30.6 Å². The van der Waals surface area contributed by atoms with Crippen LogP contribution in [0.4, 0.5) is 4.79 Å². The predicted molar refractivity (Wildman–Crippen MR) is 112 cm³/mol. The fraction of sp³-hybridized carbons (Fsp3) is 0.636. The van der Waals surface area contributed by atoms with Crippen molar-refractivity contribution in [1.29, 1.82) is 0 Å². The highest BCUT2D eigenvalue weighted by Gasteiger charge is 2.37. The maximum Gasteiger partial charge on any atom is 0.407 e. The first-order valence-corrected chi connectivity index (χ1v) is 10.2. The Bertz CT molecular complexity index is 728. The van der Waals surface area contributed by atoms with E-state index >= 15 is 0 Å². The van der Waals surface area contributed by atoms with Crippen LogP contribution in [0.5, 0.6) is 11.5 Å². The van der Waals surface area contributed by atoms with E-state index in [1.807, 2.05) is 39.5 Å². The molecule has 162 valence electrons. The second kappa shape index (κ2) is 9.37. The zero-order valence-corrected chi connectivity index (χ0v) is 18.5. The summed E-state index contributed by atoms with van der Waals surface area (Å²) in [7, 11) is 0. The smallest absolute Gasteiger partial charge is 0.407 e. The maximum absolute atomic E-state index is 13.0. The van der Waals surface area contributed by atoms with Crippen LogP contribution in [0, 0.1) is 5.41 Å². The molecule has 1 heterocycles. The third kappa shape index (κ3) is 6.54. The van der Waals surface area contributed by atoms with Crippen LogP contribution in [0.1, 0.15) is 58.3 Å². The minimum atomic E-state index is -0.533. The number of amides is 2. The van der Waals surface area contributed by atoms with E-state index in [4.69, 9.17) is 14.2 Å². The Balaban J connectivity index is 2.00. The molecule has 1 aliphatic heterocycles. The van der Waals surface area contributed by atoms with Gasteiger partial charge >= 0.3 is 6.09 Å². The van der Waals surface area contributed by atoms with Gasteiger partial charge in [-0.2, -0.15) is 0 Å². The van der Waals surface area contributed by atoms with Gasteiger partial charge < -0.3 is 24.4 Å². The highest BCUT2D eigenvalue weighted by molar-refractivity contribution is 5.95. The lowest BCUT2D eigenvalue weighted by atomic mass is 9.90. The van der Waals surface area contributed by atoms with Crippen molar-refractivity contribution in [2.75, 3.05) is 32.8 Å². The van der Waals surface area contributed by atoms with Crippen LogP contribution in [0.2, 0.25) is 0 Å². The average Bonchev–Trinajstić information content (AvgIpc) is 3.03. The molecule has 7 heteroatoms. The summed E-state index contributed by atoms with van der Waals surface area (Å²) in [5, 5.41) is 2.83. The first kappa shape index (κ1) is 22.8. The van der Waals surface area contributed by atoms with Crippen LogP contribution in [-0.2, 0) is 4.74 Å². The number of hydrogen-bond acceptors (Lipinski definition) is 5. The minimum absolute atomic E-state index is 0.0463. The topological polar surface area (TPSA) is 77.1 Å². The van der Waals surface area contributed by atoms with Crippen molar-refractivity contribution in [3.8, 4) is 11.5 Å². The minimum Gasteiger partial charge on any atom is -0.490 e. The molecule has 1 aromatic rings. The number of nitrogens with one attached hydrogen (secondary N) is 1. The molecule has 0 unspecified atom stereocenters. The van der Waals surface area contributed by atoms with Crippen LogP contribution in [-0.4, -0.2) is 55.3 Å². The summed E-state index contributed by atoms with van der Waals surface area (Å²) in [6, 6.07) is 5.29. The zero-order valence-electron chi connectivity index (χ0n) is 18.5. The highest BCUT2D eigenvalue weighted by atomic mass is 16.6. The molecule has 1 aromatic carbocycles. The normalized spacial score (nSPS) is 19.0. The highest BCUT2D eigenvalue weighted by Crippen LogP contribution is 2.33. The maximum atomic E-state index is 13.0.